The predicted octanol–water partition coefficient (Wildman–Crippen LogP) is 6.04. The quantitative estimate of drug-likeness (QED) is 0.514. The Morgan fingerprint density at radius 3 is 1.58 bits per heavy atom. The standard InChI is InChI=1S/C13H7Cl5O/c14-8-7(9(15)11(17)12(18)10(8)16)13(19)6-4-2-1-3-5-6/h1-5,13,19H/t13-/m1/s1. The molecule has 1 nitrogen and oxygen atoms in total. The summed E-state index contributed by atoms with van der Waals surface area (Å²) in [6.07, 6.45) is -1.03. The van der Waals surface area contributed by atoms with E-state index < -0.39 is 6.10 Å². The molecule has 1 atom stereocenters. The van der Waals surface area contributed by atoms with Gasteiger partial charge in [0.2, 0.25) is 0 Å². The molecule has 0 saturated heterocycles. The lowest BCUT2D eigenvalue weighted by Crippen LogP contribution is -2.02. The third-order valence-electron chi connectivity index (χ3n) is 2.63. The number of benzene rings is 2. The van der Waals surface area contributed by atoms with Crippen molar-refractivity contribution in [3.63, 3.8) is 0 Å². The van der Waals surface area contributed by atoms with Gasteiger partial charge < -0.3 is 5.11 Å². The van der Waals surface area contributed by atoms with Crippen LogP contribution in [0.3, 0.4) is 0 Å². The van der Waals surface area contributed by atoms with Crippen molar-refractivity contribution < 1.29 is 5.11 Å². The molecule has 6 heteroatoms. The van der Waals surface area contributed by atoms with Gasteiger partial charge in [-0.15, -0.1) is 0 Å². The van der Waals surface area contributed by atoms with Gasteiger partial charge in [-0.1, -0.05) is 88.3 Å². The molecular weight excluding hydrogens is 349 g/mol. The summed E-state index contributed by atoms with van der Waals surface area (Å²) >= 11 is 30.0. The highest BCUT2D eigenvalue weighted by molar-refractivity contribution is 6.55. The molecule has 2 aromatic carbocycles. The van der Waals surface area contributed by atoms with E-state index in [2.05, 4.69) is 0 Å². The summed E-state index contributed by atoms with van der Waals surface area (Å²) in [5.74, 6) is 0. The van der Waals surface area contributed by atoms with Crippen LogP contribution >= 0.6 is 58.0 Å². The maximum Gasteiger partial charge on any atom is 0.107 e. The van der Waals surface area contributed by atoms with Crippen LogP contribution in [0.5, 0.6) is 0 Å². The Morgan fingerprint density at radius 2 is 1.11 bits per heavy atom. The van der Waals surface area contributed by atoms with Crippen molar-refractivity contribution in [3.05, 3.63) is 66.6 Å². The Bertz CT molecular complexity index is 583. The zero-order chi connectivity index (χ0) is 14.2. The van der Waals surface area contributed by atoms with Gasteiger partial charge in [-0.25, -0.2) is 0 Å². The van der Waals surface area contributed by atoms with Crippen molar-refractivity contribution >= 4 is 58.0 Å². The van der Waals surface area contributed by atoms with Crippen LogP contribution < -0.4 is 0 Å². The number of hydrogen-bond donors (Lipinski definition) is 1. The van der Waals surface area contributed by atoms with Crippen LogP contribution in [-0.4, -0.2) is 5.11 Å². The Balaban J connectivity index is 2.64. The Labute approximate surface area is 135 Å². The van der Waals surface area contributed by atoms with Gasteiger partial charge >= 0.3 is 0 Å². The molecule has 100 valence electrons. The maximum absolute atomic E-state index is 10.4. The van der Waals surface area contributed by atoms with Crippen LogP contribution in [-0.2, 0) is 0 Å². The topological polar surface area (TPSA) is 20.2 Å². The normalized spacial score (nSPS) is 12.5. The summed E-state index contributed by atoms with van der Waals surface area (Å²) in [5.41, 5.74) is 0.870. The Kier molecular flexibility index (Phi) is 4.88. The molecule has 0 spiro atoms. The third-order valence-corrected chi connectivity index (χ3v) is 4.94. The molecular formula is C13H7Cl5O. The Hall–Kier alpha value is -0.150. The zero-order valence-corrected chi connectivity index (χ0v) is 13.1. The molecule has 0 heterocycles. The fraction of sp³-hybridized carbons (Fsp3) is 0.0769. The molecule has 0 radical (unpaired) electrons. The zero-order valence-electron chi connectivity index (χ0n) is 9.30. The molecule has 0 unspecified atom stereocenters. The second kappa shape index (κ2) is 6.09. The van der Waals surface area contributed by atoms with E-state index in [0.29, 0.717) is 5.56 Å². The lowest BCUT2D eigenvalue weighted by Gasteiger charge is -2.17. The molecule has 0 aliphatic heterocycles. The van der Waals surface area contributed by atoms with E-state index in [4.69, 9.17) is 58.0 Å². The number of hydrogen-bond acceptors (Lipinski definition) is 1. The lowest BCUT2D eigenvalue weighted by molar-refractivity contribution is 0.220. The number of halogens is 5. The van der Waals surface area contributed by atoms with Gasteiger partial charge in [-0.2, -0.15) is 0 Å². The molecule has 1 N–H and O–H groups in total. The van der Waals surface area contributed by atoms with Crippen molar-refractivity contribution in [2.24, 2.45) is 0 Å². The first-order chi connectivity index (χ1) is 8.95. The fourth-order valence-corrected chi connectivity index (χ4v) is 3.02. The van der Waals surface area contributed by atoms with Gasteiger partial charge in [0.05, 0.1) is 25.1 Å². The van der Waals surface area contributed by atoms with Crippen LogP contribution in [0.1, 0.15) is 17.2 Å². The molecule has 0 aliphatic rings. The van der Waals surface area contributed by atoms with Crippen molar-refractivity contribution in [3.8, 4) is 0 Å². The summed E-state index contributed by atoms with van der Waals surface area (Å²) in [7, 11) is 0. The van der Waals surface area contributed by atoms with Crippen LogP contribution in [0.15, 0.2) is 30.3 Å². The van der Waals surface area contributed by atoms with Crippen LogP contribution in [0.2, 0.25) is 25.1 Å². The first-order valence-corrected chi connectivity index (χ1v) is 7.08. The van der Waals surface area contributed by atoms with E-state index in [1.807, 2.05) is 6.07 Å². The van der Waals surface area contributed by atoms with E-state index in [0.717, 1.165) is 0 Å². The molecule has 0 saturated carbocycles. The van der Waals surface area contributed by atoms with Crippen molar-refractivity contribution in [2.75, 3.05) is 0 Å². The maximum atomic E-state index is 10.4. The van der Waals surface area contributed by atoms with Gasteiger partial charge in [-0.3, -0.25) is 0 Å². The number of rotatable bonds is 2. The summed E-state index contributed by atoms with van der Waals surface area (Å²) in [4.78, 5) is 0. The van der Waals surface area contributed by atoms with Crippen molar-refractivity contribution in [1.82, 2.24) is 0 Å². The van der Waals surface area contributed by atoms with E-state index in [-0.39, 0.29) is 30.7 Å². The smallest absolute Gasteiger partial charge is 0.107 e. The SMILES string of the molecule is O[C@H](c1ccccc1)c1c(Cl)c(Cl)c(Cl)c(Cl)c1Cl. The van der Waals surface area contributed by atoms with E-state index >= 15 is 0 Å². The summed E-state index contributed by atoms with van der Waals surface area (Å²) < 4.78 is 0. The Morgan fingerprint density at radius 1 is 0.684 bits per heavy atom. The molecule has 0 fully saturated rings. The summed E-state index contributed by atoms with van der Waals surface area (Å²) in [5, 5.41) is 10.8. The molecule has 0 aromatic heterocycles. The molecule has 2 aromatic rings. The van der Waals surface area contributed by atoms with Gasteiger partial charge in [-0.05, 0) is 5.56 Å². The first kappa shape index (κ1) is 15.2. The van der Waals surface area contributed by atoms with Gasteiger partial charge in [0.25, 0.3) is 0 Å². The minimum absolute atomic E-state index is 0.0716. The highest BCUT2D eigenvalue weighted by Gasteiger charge is 2.24. The van der Waals surface area contributed by atoms with Crippen LogP contribution in [0, 0.1) is 0 Å². The van der Waals surface area contributed by atoms with Gasteiger partial charge in [0.1, 0.15) is 6.10 Å². The number of aliphatic hydroxyl groups excluding tert-OH is 1. The second-order valence-corrected chi connectivity index (χ2v) is 5.69. The highest BCUT2D eigenvalue weighted by atomic mass is 35.5. The van der Waals surface area contributed by atoms with Gasteiger partial charge in [0.15, 0.2) is 0 Å². The first-order valence-electron chi connectivity index (χ1n) is 5.19. The van der Waals surface area contributed by atoms with Crippen molar-refractivity contribution in [1.29, 1.82) is 0 Å². The van der Waals surface area contributed by atoms with E-state index in [9.17, 15) is 5.11 Å². The molecule has 0 aliphatic carbocycles. The fourth-order valence-electron chi connectivity index (χ4n) is 1.66. The molecule has 2 rings (SSSR count). The molecule has 0 bridgehead atoms. The number of aliphatic hydroxyl groups is 1. The summed E-state index contributed by atoms with van der Waals surface area (Å²) in [6, 6.07) is 8.90. The van der Waals surface area contributed by atoms with E-state index in [1.165, 1.54) is 0 Å². The van der Waals surface area contributed by atoms with Gasteiger partial charge in [0, 0.05) is 5.56 Å². The lowest BCUT2D eigenvalue weighted by atomic mass is 10.0. The monoisotopic (exact) mass is 354 g/mol. The van der Waals surface area contributed by atoms with Crippen molar-refractivity contribution in [2.45, 2.75) is 6.10 Å². The molecule has 0 amide bonds. The predicted molar refractivity (Wildman–Crippen MR) is 82.0 cm³/mol. The minimum atomic E-state index is -1.03. The second-order valence-electron chi connectivity index (χ2n) is 3.80. The van der Waals surface area contributed by atoms with E-state index in [1.54, 1.807) is 24.3 Å². The van der Waals surface area contributed by atoms with Crippen LogP contribution in [0.25, 0.3) is 0 Å². The average Bonchev–Trinajstić information content (AvgIpc) is 2.44. The summed E-state index contributed by atoms with van der Waals surface area (Å²) in [6.45, 7) is 0. The average molecular weight is 356 g/mol. The highest BCUT2D eigenvalue weighted by Crippen LogP contribution is 2.47. The van der Waals surface area contributed by atoms with Crippen LogP contribution in [0.4, 0.5) is 0 Å². The molecule has 19 heavy (non-hydrogen) atoms. The third kappa shape index (κ3) is 2.82. The minimum Gasteiger partial charge on any atom is -0.384 e. The largest absolute Gasteiger partial charge is 0.384 e.